The van der Waals surface area contributed by atoms with Crippen LogP contribution >= 0.6 is 23.2 Å². The second-order valence-corrected chi connectivity index (χ2v) is 6.73. The zero-order chi connectivity index (χ0) is 20.1. The molecule has 0 aliphatic carbocycles. The highest BCUT2D eigenvalue weighted by atomic mass is 35.5. The number of furan rings is 1. The molecule has 2 heterocycles. The molecule has 0 saturated heterocycles. The van der Waals surface area contributed by atoms with Gasteiger partial charge in [-0.3, -0.25) is 9.59 Å². The highest BCUT2D eigenvalue weighted by Crippen LogP contribution is 2.28. The van der Waals surface area contributed by atoms with Crippen molar-refractivity contribution in [1.82, 2.24) is 15.1 Å². The first-order valence-corrected chi connectivity index (χ1v) is 9.21. The number of hydrogen-bond donors (Lipinski definition) is 1. The van der Waals surface area contributed by atoms with Gasteiger partial charge in [-0.25, -0.2) is 4.68 Å². The normalized spacial score (nSPS) is 11.8. The lowest BCUT2D eigenvalue weighted by Crippen LogP contribution is -2.39. The van der Waals surface area contributed by atoms with Crippen LogP contribution in [0.4, 0.5) is 0 Å². The Morgan fingerprint density at radius 3 is 2.82 bits per heavy atom. The van der Waals surface area contributed by atoms with Crippen molar-refractivity contribution < 1.29 is 13.9 Å². The highest BCUT2D eigenvalue weighted by Gasteiger charge is 2.16. The lowest BCUT2D eigenvalue weighted by Gasteiger charge is -2.16. The van der Waals surface area contributed by atoms with Crippen molar-refractivity contribution in [2.45, 2.75) is 19.6 Å². The smallest absolute Gasteiger partial charge is 0.266 e. The minimum atomic E-state index is -0.780. The molecule has 1 atom stereocenters. The highest BCUT2D eigenvalue weighted by molar-refractivity contribution is 6.35. The zero-order valence-corrected chi connectivity index (χ0v) is 16.4. The molecule has 1 aromatic carbocycles. The molecule has 0 unspecified atom stereocenters. The van der Waals surface area contributed by atoms with E-state index in [1.807, 2.05) is 0 Å². The molecule has 0 spiro atoms. The number of nitrogens with zero attached hydrogens (tertiary/aromatic N) is 2. The fourth-order valence-corrected chi connectivity index (χ4v) is 2.86. The van der Waals surface area contributed by atoms with Crippen molar-refractivity contribution in [3.05, 3.63) is 69.1 Å². The van der Waals surface area contributed by atoms with E-state index in [1.165, 1.54) is 23.1 Å². The van der Waals surface area contributed by atoms with Gasteiger partial charge in [-0.15, -0.1) is 0 Å². The SMILES string of the molecule is C[C@@H](Oc1ccc(Cl)cc1Cl)C(=O)NCCn1nc(-c2ccco2)ccc1=O. The van der Waals surface area contributed by atoms with Gasteiger partial charge < -0.3 is 14.5 Å². The third-order valence-electron chi connectivity index (χ3n) is 3.83. The van der Waals surface area contributed by atoms with Crippen LogP contribution in [0.3, 0.4) is 0 Å². The molecule has 0 aliphatic rings. The summed E-state index contributed by atoms with van der Waals surface area (Å²) in [5.41, 5.74) is 0.256. The maximum absolute atomic E-state index is 12.2. The fourth-order valence-electron chi connectivity index (χ4n) is 2.41. The predicted octanol–water partition coefficient (Wildman–Crippen LogP) is 3.39. The largest absolute Gasteiger partial charge is 0.479 e. The first-order valence-electron chi connectivity index (χ1n) is 8.45. The molecule has 0 aliphatic heterocycles. The Morgan fingerprint density at radius 1 is 1.29 bits per heavy atom. The third kappa shape index (κ3) is 4.94. The van der Waals surface area contributed by atoms with Crippen LogP contribution < -0.4 is 15.6 Å². The Hall–Kier alpha value is -2.77. The Labute approximate surface area is 170 Å². The molecule has 0 bridgehead atoms. The van der Waals surface area contributed by atoms with Crippen molar-refractivity contribution in [2.24, 2.45) is 0 Å². The lowest BCUT2D eigenvalue weighted by molar-refractivity contribution is -0.127. The van der Waals surface area contributed by atoms with Gasteiger partial charge >= 0.3 is 0 Å². The number of amides is 1. The van der Waals surface area contributed by atoms with Gasteiger partial charge in [0, 0.05) is 17.6 Å². The topological polar surface area (TPSA) is 86.4 Å². The number of ether oxygens (including phenoxy) is 1. The van der Waals surface area contributed by atoms with E-state index < -0.39 is 6.10 Å². The molecular formula is C19H17Cl2N3O4. The van der Waals surface area contributed by atoms with Crippen LogP contribution in [0, 0.1) is 0 Å². The lowest BCUT2D eigenvalue weighted by atomic mass is 10.3. The van der Waals surface area contributed by atoms with Gasteiger partial charge in [0.1, 0.15) is 11.4 Å². The summed E-state index contributed by atoms with van der Waals surface area (Å²) in [6.45, 7) is 2.01. The van der Waals surface area contributed by atoms with E-state index in [4.69, 9.17) is 32.4 Å². The average molecular weight is 422 g/mol. The maximum atomic E-state index is 12.2. The second kappa shape index (κ2) is 8.95. The van der Waals surface area contributed by atoms with Crippen molar-refractivity contribution >= 4 is 29.1 Å². The monoisotopic (exact) mass is 421 g/mol. The second-order valence-electron chi connectivity index (χ2n) is 5.88. The number of nitrogens with one attached hydrogen (secondary N) is 1. The van der Waals surface area contributed by atoms with Crippen molar-refractivity contribution in [3.8, 4) is 17.2 Å². The summed E-state index contributed by atoms with van der Waals surface area (Å²) >= 11 is 11.9. The molecule has 1 amide bonds. The van der Waals surface area contributed by atoms with Crippen LogP contribution in [0.5, 0.6) is 5.75 Å². The van der Waals surface area contributed by atoms with Crippen molar-refractivity contribution in [3.63, 3.8) is 0 Å². The summed E-state index contributed by atoms with van der Waals surface area (Å²) < 4.78 is 12.1. The number of carbonyl (C=O) groups excluding carboxylic acids is 1. The first-order chi connectivity index (χ1) is 13.4. The van der Waals surface area contributed by atoms with Gasteiger partial charge in [-0.2, -0.15) is 5.10 Å². The van der Waals surface area contributed by atoms with Crippen LogP contribution in [0.25, 0.3) is 11.5 Å². The van der Waals surface area contributed by atoms with Gasteiger partial charge in [0.15, 0.2) is 11.9 Å². The van der Waals surface area contributed by atoms with E-state index in [2.05, 4.69) is 10.4 Å². The molecule has 28 heavy (non-hydrogen) atoms. The standard InChI is InChI=1S/C19H17Cl2N3O4/c1-12(28-16-6-4-13(20)11-14(16)21)19(26)22-8-9-24-18(25)7-5-15(23-24)17-3-2-10-27-17/h2-7,10-12H,8-9H2,1H3,(H,22,26)/t12-/m1/s1. The van der Waals surface area contributed by atoms with Gasteiger partial charge in [-0.05, 0) is 43.3 Å². The molecule has 3 rings (SSSR count). The number of carbonyl (C=O) groups is 1. The molecule has 1 N–H and O–H groups in total. The van der Waals surface area contributed by atoms with Gasteiger partial charge in [-0.1, -0.05) is 23.2 Å². The third-order valence-corrected chi connectivity index (χ3v) is 4.36. The van der Waals surface area contributed by atoms with Gasteiger partial charge in [0.05, 0.1) is 17.8 Å². The summed E-state index contributed by atoms with van der Waals surface area (Å²) in [4.78, 5) is 24.2. The van der Waals surface area contributed by atoms with E-state index in [-0.39, 0.29) is 24.6 Å². The molecule has 146 valence electrons. The number of benzene rings is 1. The summed E-state index contributed by atoms with van der Waals surface area (Å²) in [6.07, 6.45) is 0.749. The summed E-state index contributed by atoms with van der Waals surface area (Å²) in [6, 6.07) is 11.2. The summed E-state index contributed by atoms with van der Waals surface area (Å²) in [5.74, 6) is 0.568. The number of rotatable bonds is 7. The number of halogens is 2. The Bertz CT molecular complexity index is 1020. The van der Waals surface area contributed by atoms with Gasteiger partial charge in [0.2, 0.25) is 0 Å². The summed E-state index contributed by atoms with van der Waals surface area (Å²) in [7, 11) is 0. The van der Waals surface area contributed by atoms with E-state index >= 15 is 0 Å². The van der Waals surface area contributed by atoms with Crippen LogP contribution in [0.1, 0.15) is 6.92 Å². The molecule has 0 saturated carbocycles. The zero-order valence-electron chi connectivity index (χ0n) is 14.9. The first kappa shape index (κ1) is 20.0. The molecular weight excluding hydrogens is 405 g/mol. The van der Waals surface area contributed by atoms with E-state index in [1.54, 1.807) is 37.3 Å². The minimum absolute atomic E-state index is 0.202. The van der Waals surface area contributed by atoms with Crippen molar-refractivity contribution in [2.75, 3.05) is 6.54 Å². The predicted molar refractivity (Wildman–Crippen MR) is 106 cm³/mol. The Morgan fingerprint density at radius 2 is 2.11 bits per heavy atom. The minimum Gasteiger partial charge on any atom is -0.479 e. The van der Waals surface area contributed by atoms with Crippen LogP contribution in [-0.2, 0) is 11.3 Å². The van der Waals surface area contributed by atoms with E-state index in [0.29, 0.717) is 27.2 Å². The van der Waals surface area contributed by atoms with E-state index in [9.17, 15) is 9.59 Å². The fraction of sp³-hybridized carbons (Fsp3) is 0.211. The van der Waals surface area contributed by atoms with Crippen LogP contribution in [0.2, 0.25) is 10.0 Å². The maximum Gasteiger partial charge on any atom is 0.266 e. The molecule has 3 aromatic rings. The van der Waals surface area contributed by atoms with Crippen LogP contribution in [-0.4, -0.2) is 28.3 Å². The average Bonchev–Trinajstić information content (AvgIpc) is 3.20. The quantitative estimate of drug-likeness (QED) is 0.631. The number of hydrogen-bond acceptors (Lipinski definition) is 5. The number of aromatic nitrogens is 2. The molecule has 7 nitrogen and oxygen atoms in total. The summed E-state index contributed by atoms with van der Waals surface area (Å²) in [5, 5.41) is 7.74. The Balaban J connectivity index is 1.56. The molecule has 2 aromatic heterocycles. The van der Waals surface area contributed by atoms with Gasteiger partial charge in [0.25, 0.3) is 11.5 Å². The molecule has 9 heteroatoms. The molecule has 0 radical (unpaired) electrons. The molecule has 0 fully saturated rings. The Kier molecular flexibility index (Phi) is 6.38. The van der Waals surface area contributed by atoms with Crippen molar-refractivity contribution in [1.29, 1.82) is 0 Å². The van der Waals surface area contributed by atoms with Crippen LogP contribution in [0.15, 0.2) is 57.9 Å². The van der Waals surface area contributed by atoms with E-state index in [0.717, 1.165) is 0 Å².